The van der Waals surface area contributed by atoms with Crippen LogP contribution in [-0.2, 0) is 4.79 Å². The van der Waals surface area contributed by atoms with Crippen molar-refractivity contribution >= 4 is 35.0 Å². The van der Waals surface area contributed by atoms with E-state index in [0.29, 0.717) is 11.4 Å². The zero-order valence-electron chi connectivity index (χ0n) is 12.8. The normalized spacial score (nSPS) is 20.5. The van der Waals surface area contributed by atoms with E-state index in [-0.39, 0.29) is 24.1 Å². The number of carbonyl (C=O) groups excluding carboxylic acids is 1. The third-order valence-electron chi connectivity index (χ3n) is 3.56. The average molecular weight is 366 g/mol. The van der Waals surface area contributed by atoms with Gasteiger partial charge in [-0.05, 0) is 48.5 Å². The Bertz CT molecular complexity index is 696. The summed E-state index contributed by atoms with van der Waals surface area (Å²) in [6.45, 7) is 0. The van der Waals surface area contributed by atoms with E-state index in [9.17, 15) is 9.18 Å². The Kier molecular flexibility index (Phi) is 5.60. The van der Waals surface area contributed by atoms with Gasteiger partial charge in [-0.25, -0.2) is 4.39 Å². The monoisotopic (exact) mass is 365 g/mol. The molecule has 3 rings (SSSR count). The van der Waals surface area contributed by atoms with Gasteiger partial charge >= 0.3 is 0 Å². The summed E-state index contributed by atoms with van der Waals surface area (Å²) in [6, 6.07) is 13.7. The largest absolute Gasteiger partial charge is 0.353 e. The fourth-order valence-corrected chi connectivity index (χ4v) is 3.47. The number of benzene rings is 2. The highest BCUT2D eigenvalue weighted by Gasteiger charge is 2.25. The number of hydrogen-bond donors (Lipinski definition) is 3. The summed E-state index contributed by atoms with van der Waals surface area (Å²) in [5, 5.41) is 10.0. The number of rotatable bonds is 5. The van der Waals surface area contributed by atoms with Crippen LogP contribution in [0.5, 0.6) is 0 Å². The molecule has 0 saturated carbocycles. The summed E-state index contributed by atoms with van der Waals surface area (Å²) >= 11 is 7.55. The van der Waals surface area contributed by atoms with Crippen molar-refractivity contribution in [1.29, 1.82) is 0 Å². The number of carbonyl (C=O) groups is 1. The average Bonchev–Trinajstić information content (AvgIpc) is 2.56. The number of thioether (sulfide) groups is 1. The first-order valence-corrected chi connectivity index (χ1v) is 8.91. The van der Waals surface area contributed by atoms with E-state index in [1.54, 1.807) is 23.9 Å². The highest BCUT2D eigenvalue weighted by atomic mass is 35.5. The second-order valence-electron chi connectivity index (χ2n) is 5.48. The standard InChI is InChI=1S/C17H17ClFN3OS/c18-11-1-7-15(8-2-11)24-10-14-9-16(23)22-17(21-14)20-13-5-3-12(19)4-6-13/h1-8,14,17,20-21H,9-10H2,(H,22,23). The Hall–Kier alpha value is -1.76. The minimum absolute atomic E-state index is 0.0185. The minimum Gasteiger partial charge on any atom is -0.353 e. The van der Waals surface area contributed by atoms with Gasteiger partial charge < -0.3 is 10.6 Å². The molecule has 1 saturated heterocycles. The van der Waals surface area contributed by atoms with Crippen LogP contribution < -0.4 is 16.0 Å². The predicted octanol–water partition coefficient (Wildman–Crippen LogP) is 3.45. The molecule has 1 fully saturated rings. The summed E-state index contributed by atoms with van der Waals surface area (Å²) in [5.74, 6) is 0.449. The molecule has 1 aliphatic rings. The lowest BCUT2D eigenvalue weighted by Gasteiger charge is -2.32. The summed E-state index contributed by atoms with van der Waals surface area (Å²) < 4.78 is 13.0. The molecule has 2 atom stereocenters. The first-order valence-electron chi connectivity index (χ1n) is 7.54. The van der Waals surface area contributed by atoms with Crippen molar-refractivity contribution in [3.05, 3.63) is 59.4 Å². The molecule has 1 amide bonds. The zero-order chi connectivity index (χ0) is 16.9. The van der Waals surface area contributed by atoms with Crippen molar-refractivity contribution < 1.29 is 9.18 Å². The lowest BCUT2D eigenvalue weighted by Crippen LogP contribution is -2.60. The summed E-state index contributed by atoms with van der Waals surface area (Å²) in [4.78, 5) is 13.0. The van der Waals surface area contributed by atoms with Gasteiger partial charge in [0.2, 0.25) is 5.91 Å². The van der Waals surface area contributed by atoms with E-state index in [4.69, 9.17) is 11.6 Å². The SMILES string of the molecule is O=C1CC(CSc2ccc(Cl)cc2)NC(Nc2ccc(F)cc2)N1. The quantitative estimate of drug-likeness (QED) is 0.710. The lowest BCUT2D eigenvalue weighted by atomic mass is 10.2. The van der Waals surface area contributed by atoms with Crippen LogP contribution >= 0.6 is 23.4 Å². The Labute approximate surface area is 149 Å². The van der Waals surface area contributed by atoms with E-state index in [1.807, 2.05) is 24.3 Å². The topological polar surface area (TPSA) is 53.2 Å². The van der Waals surface area contributed by atoms with Gasteiger partial charge in [0, 0.05) is 33.8 Å². The second-order valence-corrected chi connectivity index (χ2v) is 7.01. The highest BCUT2D eigenvalue weighted by molar-refractivity contribution is 7.99. The molecule has 0 aliphatic carbocycles. The fourth-order valence-electron chi connectivity index (χ4n) is 2.41. The fraction of sp³-hybridized carbons (Fsp3) is 0.235. The van der Waals surface area contributed by atoms with Gasteiger partial charge in [0.15, 0.2) is 6.29 Å². The molecule has 1 heterocycles. The smallest absolute Gasteiger partial charge is 0.224 e. The van der Waals surface area contributed by atoms with Crippen LogP contribution in [-0.4, -0.2) is 24.0 Å². The molecule has 3 N–H and O–H groups in total. The van der Waals surface area contributed by atoms with E-state index in [1.165, 1.54) is 12.1 Å². The maximum atomic E-state index is 13.0. The number of halogens is 2. The maximum absolute atomic E-state index is 13.0. The lowest BCUT2D eigenvalue weighted by molar-refractivity contribution is -0.123. The van der Waals surface area contributed by atoms with E-state index in [0.717, 1.165) is 16.3 Å². The Morgan fingerprint density at radius 1 is 1.17 bits per heavy atom. The van der Waals surface area contributed by atoms with E-state index in [2.05, 4.69) is 16.0 Å². The van der Waals surface area contributed by atoms with Gasteiger partial charge in [0.25, 0.3) is 0 Å². The molecule has 0 aromatic heterocycles. The number of nitrogens with one attached hydrogen (secondary N) is 3. The number of anilines is 1. The molecule has 4 nitrogen and oxygen atoms in total. The van der Waals surface area contributed by atoms with Crippen LogP contribution in [0.1, 0.15) is 6.42 Å². The molecule has 2 aromatic carbocycles. The molecular formula is C17H17ClFN3OS. The molecule has 2 aromatic rings. The van der Waals surface area contributed by atoms with E-state index >= 15 is 0 Å². The molecule has 7 heteroatoms. The Balaban J connectivity index is 1.55. The minimum atomic E-state index is -0.382. The van der Waals surface area contributed by atoms with Crippen LogP contribution in [0.4, 0.5) is 10.1 Å². The third kappa shape index (κ3) is 4.87. The number of hydrogen-bond acceptors (Lipinski definition) is 4. The van der Waals surface area contributed by atoms with Gasteiger partial charge in [0.1, 0.15) is 5.82 Å². The Morgan fingerprint density at radius 2 is 1.88 bits per heavy atom. The first kappa shape index (κ1) is 17.1. The summed E-state index contributed by atoms with van der Waals surface area (Å²) in [7, 11) is 0. The van der Waals surface area contributed by atoms with Crippen molar-refractivity contribution in [2.75, 3.05) is 11.1 Å². The highest BCUT2D eigenvalue weighted by Crippen LogP contribution is 2.22. The molecule has 2 unspecified atom stereocenters. The van der Waals surface area contributed by atoms with Gasteiger partial charge in [0.05, 0.1) is 0 Å². The summed E-state index contributed by atoms with van der Waals surface area (Å²) in [6.07, 6.45) is 0.0369. The third-order valence-corrected chi connectivity index (χ3v) is 4.99. The molecule has 24 heavy (non-hydrogen) atoms. The van der Waals surface area contributed by atoms with Crippen molar-refractivity contribution in [2.45, 2.75) is 23.6 Å². The van der Waals surface area contributed by atoms with Crippen LogP contribution in [0, 0.1) is 5.82 Å². The molecule has 1 aliphatic heterocycles. The van der Waals surface area contributed by atoms with Crippen molar-refractivity contribution in [3.8, 4) is 0 Å². The van der Waals surface area contributed by atoms with Gasteiger partial charge in [-0.15, -0.1) is 11.8 Å². The number of amides is 1. The van der Waals surface area contributed by atoms with Gasteiger partial charge in [-0.3, -0.25) is 10.1 Å². The Morgan fingerprint density at radius 3 is 2.58 bits per heavy atom. The zero-order valence-corrected chi connectivity index (χ0v) is 14.3. The predicted molar refractivity (Wildman–Crippen MR) is 95.7 cm³/mol. The second kappa shape index (κ2) is 7.88. The van der Waals surface area contributed by atoms with Gasteiger partial charge in [-0.2, -0.15) is 0 Å². The van der Waals surface area contributed by atoms with Gasteiger partial charge in [-0.1, -0.05) is 11.6 Å². The van der Waals surface area contributed by atoms with Crippen molar-refractivity contribution in [3.63, 3.8) is 0 Å². The molecule has 0 bridgehead atoms. The maximum Gasteiger partial charge on any atom is 0.224 e. The molecule has 0 spiro atoms. The first-order chi connectivity index (χ1) is 11.6. The van der Waals surface area contributed by atoms with Crippen LogP contribution in [0.25, 0.3) is 0 Å². The molecule has 0 radical (unpaired) electrons. The molecule has 126 valence electrons. The van der Waals surface area contributed by atoms with Crippen LogP contribution in [0.3, 0.4) is 0 Å². The summed E-state index contributed by atoms with van der Waals surface area (Å²) in [5.41, 5.74) is 0.736. The van der Waals surface area contributed by atoms with Crippen molar-refractivity contribution in [2.24, 2.45) is 0 Å². The van der Waals surface area contributed by atoms with Crippen LogP contribution in [0.15, 0.2) is 53.4 Å². The molecular weight excluding hydrogens is 349 g/mol. The van der Waals surface area contributed by atoms with Crippen LogP contribution in [0.2, 0.25) is 5.02 Å². The van der Waals surface area contributed by atoms with E-state index < -0.39 is 0 Å². The van der Waals surface area contributed by atoms with Crippen molar-refractivity contribution in [1.82, 2.24) is 10.6 Å².